The van der Waals surface area contributed by atoms with Gasteiger partial charge in [0.2, 0.25) is 11.7 Å². The van der Waals surface area contributed by atoms with Crippen molar-refractivity contribution >= 4 is 5.69 Å². The number of hydrogen-bond acceptors (Lipinski definition) is 3. The number of halogens is 2. The quantitative estimate of drug-likeness (QED) is 0.925. The zero-order chi connectivity index (χ0) is 14.0. The lowest BCUT2D eigenvalue weighted by molar-refractivity contribution is 0.376. The summed E-state index contributed by atoms with van der Waals surface area (Å²) in [6.07, 6.45) is 0.822. The molecular weight excluding hydrogens is 252 g/mol. The molecule has 0 fully saturated rings. The van der Waals surface area contributed by atoms with Crippen molar-refractivity contribution in [2.24, 2.45) is 0 Å². The van der Waals surface area contributed by atoms with Crippen molar-refractivity contribution in [3.05, 3.63) is 35.5 Å². The summed E-state index contributed by atoms with van der Waals surface area (Å²) in [5, 5.41) is 4.20. The van der Waals surface area contributed by atoms with Gasteiger partial charge in [0.1, 0.15) is 5.69 Å². The largest absolute Gasteiger partial charge is 0.434 e. The Labute approximate surface area is 109 Å². The van der Waals surface area contributed by atoms with Gasteiger partial charge in [-0.15, -0.1) is 0 Å². The Balaban J connectivity index is 2.40. The molecule has 0 amide bonds. The third-order valence-electron chi connectivity index (χ3n) is 2.68. The van der Waals surface area contributed by atoms with Crippen molar-refractivity contribution in [3.63, 3.8) is 0 Å². The smallest absolute Gasteiger partial charge is 0.241 e. The van der Waals surface area contributed by atoms with Gasteiger partial charge >= 0.3 is 0 Å². The highest BCUT2D eigenvalue weighted by Gasteiger charge is 2.17. The minimum atomic E-state index is -1.04. The standard InChI is InChI=1S/C13H15F2N3O/c1-3-7-18-13(12(16)8(2)17-18)19-10-6-4-5-9(14)11(10)15/h4-6H,3,7,16H2,1-2H3. The van der Waals surface area contributed by atoms with Crippen LogP contribution in [0.2, 0.25) is 0 Å². The van der Waals surface area contributed by atoms with Crippen LogP contribution in [-0.4, -0.2) is 9.78 Å². The fraction of sp³-hybridized carbons (Fsp3) is 0.308. The van der Waals surface area contributed by atoms with E-state index in [0.29, 0.717) is 17.9 Å². The van der Waals surface area contributed by atoms with E-state index in [4.69, 9.17) is 10.5 Å². The van der Waals surface area contributed by atoms with E-state index in [1.807, 2.05) is 6.92 Å². The Bertz CT molecular complexity index is 596. The number of nitrogen functional groups attached to an aromatic ring is 1. The predicted octanol–water partition coefficient (Wildman–Crippen LogP) is 3.25. The van der Waals surface area contributed by atoms with E-state index in [-0.39, 0.29) is 11.6 Å². The molecule has 0 unspecified atom stereocenters. The maximum Gasteiger partial charge on any atom is 0.241 e. The second-order valence-corrected chi connectivity index (χ2v) is 4.18. The van der Waals surface area contributed by atoms with Crippen LogP contribution in [0.1, 0.15) is 19.0 Å². The van der Waals surface area contributed by atoms with Gasteiger partial charge in [-0.05, 0) is 25.5 Å². The Morgan fingerprint density at radius 3 is 2.79 bits per heavy atom. The van der Waals surface area contributed by atoms with Crippen LogP contribution >= 0.6 is 0 Å². The highest BCUT2D eigenvalue weighted by Crippen LogP contribution is 2.32. The third kappa shape index (κ3) is 2.52. The van der Waals surface area contributed by atoms with E-state index in [9.17, 15) is 8.78 Å². The van der Waals surface area contributed by atoms with E-state index in [1.54, 1.807) is 11.6 Å². The number of benzene rings is 1. The lowest BCUT2D eigenvalue weighted by Gasteiger charge is -2.09. The van der Waals surface area contributed by atoms with Crippen molar-refractivity contribution in [1.82, 2.24) is 9.78 Å². The maximum atomic E-state index is 13.6. The summed E-state index contributed by atoms with van der Waals surface area (Å²) in [4.78, 5) is 0. The number of nitrogens with zero attached hydrogens (tertiary/aromatic N) is 2. The normalized spacial score (nSPS) is 10.7. The van der Waals surface area contributed by atoms with Gasteiger partial charge in [-0.3, -0.25) is 0 Å². The monoisotopic (exact) mass is 267 g/mol. The summed E-state index contributed by atoms with van der Waals surface area (Å²) >= 11 is 0. The fourth-order valence-electron chi connectivity index (χ4n) is 1.71. The van der Waals surface area contributed by atoms with Crippen molar-refractivity contribution < 1.29 is 13.5 Å². The molecule has 0 bridgehead atoms. The summed E-state index contributed by atoms with van der Waals surface area (Å²) in [5.41, 5.74) is 6.77. The first-order valence-corrected chi connectivity index (χ1v) is 5.99. The van der Waals surface area contributed by atoms with Gasteiger partial charge in [0.15, 0.2) is 11.6 Å². The number of aromatic nitrogens is 2. The number of aryl methyl sites for hydroxylation is 2. The van der Waals surface area contributed by atoms with Crippen LogP contribution in [-0.2, 0) is 6.54 Å². The minimum absolute atomic E-state index is 0.205. The summed E-state index contributed by atoms with van der Waals surface area (Å²) in [6, 6.07) is 3.74. The lowest BCUT2D eigenvalue weighted by Crippen LogP contribution is -2.03. The average Bonchev–Trinajstić information content (AvgIpc) is 2.63. The first-order valence-electron chi connectivity index (χ1n) is 5.99. The summed E-state index contributed by atoms with van der Waals surface area (Å²) in [6.45, 7) is 4.29. The summed E-state index contributed by atoms with van der Waals surface area (Å²) in [7, 11) is 0. The predicted molar refractivity (Wildman–Crippen MR) is 68.1 cm³/mol. The van der Waals surface area contributed by atoms with Gasteiger partial charge in [0, 0.05) is 6.54 Å². The summed E-state index contributed by atoms with van der Waals surface area (Å²) < 4.78 is 33.6. The first-order chi connectivity index (χ1) is 9.04. The molecule has 1 heterocycles. The number of rotatable bonds is 4. The van der Waals surface area contributed by atoms with E-state index in [1.165, 1.54) is 12.1 Å². The molecule has 0 saturated carbocycles. The van der Waals surface area contributed by atoms with E-state index < -0.39 is 11.6 Å². The van der Waals surface area contributed by atoms with E-state index >= 15 is 0 Å². The Morgan fingerprint density at radius 1 is 1.37 bits per heavy atom. The molecule has 0 radical (unpaired) electrons. The molecule has 4 nitrogen and oxygen atoms in total. The number of ether oxygens (including phenoxy) is 1. The van der Waals surface area contributed by atoms with Gasteiger partial charge in [0.25, 0.3) is 0 Å². The van der Waals surface area contributed by atoms with E-state index in [0.717, 1.165) is 12.5 Å². The van der Waals surface area contributed by atoms with Gasteiger partial charge in [-0.1, -0.05) is 13.0 Å². The molecule has 19 heavy (non-hydrogen) atoms. The van der Waals surface area contributed by atoms with Crippen LogP contribution in [0.3, 0.4) is 0 Å². The fourth-order valence-corrected chi connectivity index (χ4v) is 1.71. The molecule has 0 saturated heterocycles. The van der Waals surface area contributed by atoms with Crippen molar-refractivity contribution in [2.75, 3.05) is 5.73 Å². The van der Waals surface area contributed by atoms with Gasteiger partial charge in [-0.25, -0.2) is 9.07 Å². The zero-order valence-corrected chi connectivity index (χ0v) is 10.8. The number of hydrogen-bond donors (Lipinski definition) is 1. The van der Waals surface area contributed by atoms with Crippen molar-refractivity contribution in [3.8, 4) is 11.6 Å². The molecule has 1 aromatic carbocycles. The van der Waals surface area contributed by atoms with Crippen molar-refractivity contribution in [1.29, 1.82) is 0 Å². The van der Waals surface area contributed by atoms with Gasteiger partial charge < -0.3 is 10.5 Å². The molecule has 2 aromatic rings. The Hall–Kier alpha value is -2.11. The first kappa shape index (κ1) is 13.3. The maximum absolute atomic E-state index is 13.6. The molecule has 0 aliphatic rings. The minimum Gasteiger partial charge on any atom is -0.434 e. The van der Waals surface area contributed by atoms with Crippen LogP contribution < -0.4 is 10.5 Å². The molecule has 2 rings (SSSR count). The van der Waals surface area contributed by atoms with Gasteiger partial charge in [-0.2, -0.15) is 9.49 Å². The second-order valence-electron chi connectivity index (χ2n) is 4.18. The molecule has 102 valence electrons. The molecule has 0 aliphatic carbocycles. The highest BCUT2D eigenvalue weighted by molar-refractivity contribution is 5.54. The number of nitrogens with two attached hydrogens (primary N) is 1. The molecular formula is C13H15F2N3O. The SMILES string of the molecule is CCCn1nc(C)c(N)c1Oc1cccc(F)c1F. The third-order valence-corrected chi connectivity index (χ3v) is 2.68. The van der Waals surface area contributed by atoms with Crippen molar-refractivity contribution in [2.45, 2.75) is 26.8 Å². The van der Waals surface area contributed by atoms with Gasteiger partial charge in [0.05, 0.1) is 5.69 Å². The highest BCUT2D eigenvalue weighted by atomic mass is 19.2. The molecule has 6 heteroatoms. The lowest BCUT2D eigenvalue weighted by atomic mass is 10.3. The molecule has 1 aromatic heterocycles. The second kappa shape index (κ2) is 5.26. The van der Waals surface area contributed by atoms with Crippen LogP contribution in [0.15, 0.2) is 18.2 Å². The average molecular weight is 267 g/mol. The van der Waals surface area contributed by atoms with Crippen LogP contribution in [0.4, 0.5) is 14.5 Å². The van der Waals surface area contributed by atoms with E-state index in [2.05, 4.69) is 5.10 Å². The topological polar surface area (TPSA) is 53.1 Å². The van der Waals surface area contributed by atoms with Crippen LogP contribution in [0.5, 0.6) is 11.6 Å². The zero-order valence-electron chi connectivity index (χ0n) is 10.8. The Morgan fingerprint density at radius 2 is 2.11 bits per heavy atom. The molecule has 0 atom stereocenters. The Kier molecular flexibility index (Phi) is 3.69. The molecule has 0 aliphatic heterocycles. The number of anilines is 1. The summed E-state index contributed by atoms with van der Waals surface area (Å²) in [5.74, 6) is -1.97. The molecule has 0 spiro atoms. The van der Waals surface area contributed by atoms with Crippen LogP contribution in [0, 0.1) is 18.6 Å². The molecule has 2 N–H and O–H groups in total. The van der Waals surface area contributed by atoms with Crippen LogP contribution in [0.25, 0.3) is 0 Å².